The van der Waals surface area contributed by atoms with Gasteiger partial charge in [-0.05, 0) is 70.1 Å². The number of anilines is 1. The van der Waals surface area contributed by atoms with E-state index in [1.807, 2.05) is 56.3 Å². The summed E-state index contributed by atoms with van der Waals surface area (Å²) < 4.78 is 11.8. The number of hydrogen-bond donors (Lipinski definition) is 1. The van der Waals surface area contributed by atoms with Crippen molar-refractivity contribution in [2.24, 2.45) is 0 Å². The summed E-state index contributed by atoms with van der Waals surface area (Å²) >= 11 is 0. The summed E-state index contributed by atoms with van der Waals surface area (Å²) in [6.45, 7) is 6.02. The number of nitrogens with zero attached hydrogens (tertiary/aromatic N) is 1. The van der Waals surface area contributed by atoms with E-state index in [2.05, 4.69) is 17.3 Å². The second-order valence-electron chi connectivity index (χ2n) is 7.26. The third-order valence-corrected chi connectivity index (χ3v) is 4.57. The van der Waals surface area contributed by atoms with Crippen molar-refractivity contribution in [1.29, 1.82) is 0 Å². The second kappa shape index (κ2) is 8.91. The lowest BCUT2D eigenvalue weighted by atomic mass is 10.1. The molecule has 1 saturated heterocycles. The van der Waals surface area contributed by atoms with Crippen LogP contribution < -0.4 is 14.8 Å². The topological polar surface area (TPSA) is 50.8 Å². The number of carbonyl (C=O) groups is 1. The number of nitrogens with one attached hydrogen (secondary N) is 1. The van der Waals surface area contributed by atoms with Gasteiger partial charge in [-0.25, -0.2) is 0 Å². The molecule has 1 aliphatic heterocycles. The van der Waals surface area contributed by atoms with Gasteiger partial charge in [-0.1, -0.05) is 12.1 Å². The first kappa shape index (κ1) is 19.2. The van der Waals surface area contributed by atoms with Gasteiger partial charge in [0.05, 0.1) is 11.7 Å². The van der Waals surface area contributed by atoms with Crippen LogP contribution in [0.15, 0.2) is 48.5 Å². The normalized spacial score (nSPS) is 15.6. The molecule has 2 aromatic carbocycles. The van der Waals surface area contributed by atoms with E-state index in [-0.39, 0.29) is 18.1 Å². The molecule has 1 N–H and O–H groups in total. The number of carbonyl (C=O) groups excluding carboxylic acids is 1. The van der Waals surface area contributed by atoms with Gasteiger partial charge >= 0.3 is 0 Å². The Morgan fingerprint density at radius 3 is 2.41 bits per heavy atom. The van der Waals surface area contributed by atoms with Crippen LogP contribution in [0.3, 0.4) is 0 Å². The molecule has 0 radical (unpaired) electrons. The standard InChI is InChI=1S/C22H28N2O3/c1-16(2)26-21-7-5-4-6-20(21)22(25)23-17-8-10-18(11-9-17)27-19-12-14-24(3)15-13-19/h4-11,16,19H,12-15H2,1-3H3,(H,23,25). The van der Waals surface area contributed by atoms with Crippen LogP contribution >= 0.6 is 0 Å². The molecule has 0 aliphatic carbocycles. The van der Waals surface area contributed by atoms with Gasteiger partial charge in [-0.15, -0.1) is 0 Å². The Hall–Kier alpha value is -2.53. The minimum absolute atomic E-state index is 0.00922. The van der Waals surface area contributed by atoms with E-state index in [4.69, 9.17) is 9.47 Å². The molecule has 0 bridgehead atoms. The summed E-state index contributed by atoms with van der Waals surface area (Å²) in [7, 11) is 2.14. The van der Waals surface area contributed by atoms with Crippen LogP contribution in [-0.4, -0.2) is 43.2 Å². The Bertz CT molecular complexity index is 750. The third-order valence-electron chi connectivity index (χ3n) is 4.57. The van der Waals surface area contributed by atoms with Gasteiger partial charge in [0.25, 0.3) is 5.91 Å². The number of piperidine rings is 1. The molecule has 1 fully saturated rings. The number of rotatable bonds is 6. The minimum atomic E-state index is -0.185. The molecule has 0 unspecified atom stereocenters. The number of benzene rings is 2. The fourth-order valence-corrected chi connectivity index (χ4v) is 3.12. The highest BCUT2D eigenvalue weighted by Gasteiger charge is 2.18. The van der Waals surface area contributed by atoms with E-state index >= 15 is 0 Å². The Labute approximate surface area is 161 Å². The van der Waals surface area contributed by atoms with Crippen LogP contribution in [0.5, 0.6) is 11.5 Å². The summed E-state index contributed by atoms with van der Waals surface area (Å²) in [6, 6.07) is 14.8. The number of ether oxygens (including phenoxy) is 2. The average Bonchev–Trinajstić information content (AvgIpc) is 2.65. The lowest BCUT2D eigenvalue weighted by Crippen LogP contribution is -2.35. The maximum absolute atomic E-state index is 12.6. The van der Waals surface area contributed by atoms with Crippen molar-refractivity contribution >= 4 is 11.6 Å². The molecule has 5 nitrogen and oxygen atoms in total. The van der Waals surface area contributed by atoms with E-state index in [0.717, 1.165) is 37.4 Å². The Kier molecular flexibility index (Phi) is 6.35. The quantitative estimate of drug-likeness (QED) is 0.830. The highest BCUT2D eigenvalue weighted by molar-refractivity contribution is 6.06. The van der Waals surface area contributed by atoms with E-state index in [0.29, 0.717) is 11.3 Å². The predicted molar refractivity (Wildman–Crippen MR) is 108 cm³/mol. The molecule has 2 aromatic rings. The molecule has 0 aromatic heterocycles. The van der Waals surface area contributed by atoms with Crippen molar-refractivity contribution < 1.29 is 14.3 Å². The molecular weight excluding hydrogens is 340 g/mol. The van der Waals surface area contributed by atoms with Crippen LogP contribution in [0, 0.1) is 0 Å². The highest BCUT2D eigenvalue weighted by Crippen LogP contribution is 2.23. The zero-order valence-electron chi connectivity index (χ0n) is 16.3. The average molecular weight is 368 g/mol. The minimum Gasteiger partial charge on any atom is -0.490 e. The van der Waals surface area contributed by atoms with Crippen molar-refractivity contribution in [3.05, 3.63) is 54.1 Å². The first-order valence-electron chi connectivity index (χ1n) is 9.53. The summed E-state index contributed by atoms with van der Waals surface area (Å²) in [5.74, 6) is 1.24. The zero-order valence-corrected chi connectivity index (χ0v) is 16.3. The Morgan fingerprint density at radius 2 is 1.74 bits per heavy atom. The van der Waals surface area contributed by atoms with Crippen LogP contribution in [0.25, 0.3) is 0 Å². The Morgan fingerprint density at radius 1 is 1.07 bits per heavy atom. The van der Waals surface area contributed by atoms with Crippen molar-refractivity contribution in [3.63, 3.8) is 0 Å². The van der Waals surface area contributed by atoms with E-state index in [1.54, 1.807) is 6.07 Å². The maximum Gasteiger partial charge on any atom is 0.259 e. The van der Waals surface area contributed by atoms with Gasteiger partial charge in [0.1, 0.15) is 17.6 Å². The van der Waals surface area contributed by atoms with Crippen LogP contribution in [0.4, 0.5) is 5.69 Å². The van der Waals surface area contributed by atoms with Gasteiger partial charge in [-0.3, -0.25) is 4.79 Å². The van der Waals surface area contributed by atoms with Gasteiger partial charge in [0, 0.05) is 18.8 Å². The summed E-state index contributed by atoms with van der Waals surface area (Å²) in [5.41, 5.74) is 1.26. The molecule has 27 heavy (non-hydrogen) atoms. The monoisotopic (exact) mass is 368 g/mol. The van der Waals surface area contributed by atoms with Crippen molar-refractivity contribution in [2.75, 3.05) is 25.5 Å². The molecule has 144 valence electrons. The van der Waals surface area contributed by atoms with Gasteiger partial charge in [-0.2, -0.15) is 0 Å². The number of hydrogen-bond acceptors (Lipinski definition) is 4. The zero-order chi connectivity index (χ0) is 19.2. The molecule has 1 heterocycles. The van der Waals surface area contributed by atoms with Crippen LogP contribution in [0.1, 0.15) is 37.0 Å². The van der Waals surface area contributed by atoms with Gasteiger partial charge in [0.2, 0.25) is 0 Å². The second-order valence-corrected chi connectivity index (χ2v) is 7.26. The van der Waals surface area contributed by atoms with Crippen molar-refractivity contribution in [2.45, 2.75) is 38.9 Å². The molecular formula is C22H28N2O3. The fraction of sp³-hybridized carbons (Fsp3) is 0.409. The smallest absolute Gasteiger partial charge is 0.259 e. The van der Waals surface area contributed by atoms with Crippen molar-refractivity contribution in [3.8, 4) is 11.5 Å². The molecule has 1 amide bonds. The first-order chi connectivity index (χ1) is 13.0. The van der Waals surface area contributed by atoms with Crippen molar-refractivity contribution in [1.82, 2.24) is 4.90 Å². The predicted octanol–water partition coefficient (Wildman–Crippen LogP) is 4.20. The first-order valence-corrected chi connectivity index (χ1v) is 9.53. The van der Waals surface area contributed by atoms with Crippen LogP contribution in [0.2, 0.25) is 0 Å². The maximum atomic E-state index is 12.6. The Balaban J connectivity index is 1.60. The third kappa shape index (κ3) is 5.47. The van der Waals surface area contributed by atoms with Gasteiger partial charge in [0.15, 0.2) is 0 Å². The summed E-state index contributed by atoms with van der Waals surface area (Å²) in [4.78, 5) is 14.9. The lowest BCUT2D eigenvalue weighted by Gasteiger charge is -2.29. The summed E-state index contributed by atoms with van der Waals surface area (Å²) in [6.07, 6.45) is 2.36. The molecule has 3 rings (SSSR count). The molecule has 5 heteroatoms. The van der Waals surface area contributed by atoms with E-state index in [1.165, 1.54) is 0 Å². The largest absolute Gasteiger partial charge is 0.490 e. The number of para-hydroxylation sites is 1. The van der Waals surface area contributed by atoms with E-state index < -0.39 is 0 Å². The number of likely N-dealkylation sites (tertiary alicyclic amines) is 1. The summed E-state index contributed by atoms with van der Waals surface area (Å²) in [5, 5.41) is 2.93. The molecule has 1 aliphatic rings. The fourth-order valence-electron chi connectivity index (χ4n) is 3.12. The SMILES string of the molecule is CC(C)Oc1ccccc1C(=O)Nc1ccc(OC2CCN(C)CC2)cc1. The molecule has 0 spiro atoms. The van der Waals surface area contributed by atoms with Crippen LogP contribution in [-0.2, 0) is 0 Å². The van der Waals surface area contributed by atoms with Gasteiger partial charge < -0.3 is 19.7 Å². The number of amides is 1. The van der Waals surface area contributed by atoms with E-state index in [9.17, 15) is 4.79 Å². The lowest BCUT2D eigenvalue weighted by molar-refractivity contribution is 0.102. The highest BCUT2D eigenvalue weighted by atomic mass is 16.5. The molecule has 0 atom stereocenters. The molecule has 0 saturated carbocycles.